The zero-order valence-electron chi connectivity index (χ0n) is 13.8. The molecule has 1 N–H and O–H groups in total. The van der Waals surface area contributed by atoms with Crippen molar-refractivity contribution in [1.82, 2.24) is 19.7 Å². The van der Waals surface area contributed by atoms with E-state index in [2.05, 4.69) is 21.1 Å². The number of aliphatic hydroxyl groups excluding tert-OH is 1. The van der Waals surface area contributed by atoms with Gasteiger partial charge in [-0.25, -0.2) is 9.97 Å². The van der Waals surface area contributed by atoms with Gasteiger partial charge >= 0.3 is 0 Å². The summed E-state index contributed by atoms with van der Waals surface area (Å²) in [5, 5.41) is 15.1. The summed E-state index contributed by atoms with van der Waals surface area (Å²) >= 11 is 1.53. The highest BCUT2D eigenvalue weighted by Gasteiger charge is 2.08. The zero-order chi connectivity index (χ0) is 16.9. The molecule has 0 spiro atoms. The lowest BCUT2D eigenvalue weighted by molar-refractivity contribution is 0.145. The van der Waals surface area contributed by atoms with Crippen LogP contribution in [0.3, 0.4) is 0 Å². The molecule has 0 saturated carbocycles. The van der Waals surface area contributed by atoms with Crippen LogP contribution in [0.25, 0.3) is 22.5 Å². The summed E-state index contributed by atoms with van der Waals surface area (Å²) < 4.78 is 1.78. The van der Waals surface area contributed by atoms with Gasteiger partial charge in [0.15, 0.2) is 5.16 Å². The molecule has 0 fully saturated rings. The fourth-order valence-electron chi connectivity index (χ4n) is 2.40. The third-order valence-electron chi connectivity index (χ3n) is 3.78. The minimum Gasteiger partial charge on any atom is -0.391 e. The molecule has 0 amide bonds. The second kappa shape index (κ2) is 7.59. The van der Waals surface area contributed by atoms with E-state index in [1.165, 1.54) is 11.8 Å². The SMILES string of the molecule is CCC(O)Cn1ccc(-c2cccc(-c3ccnc(SC)n3)c2)n1. The first-order chi connectivity index (χ1) is 11.7. The summed E-state index contributed by atoms with van der Waals surface area (Å²) in [6, 6.07) is 12.0. The van der Waals surface area contributed by atoms with Gasteiger partial charge in [0.05, 0.1) is 24.0 Å². The predicted molar refractivity (Wildman–Crippen MR) is 96.8 cm³/mol. The maximum absolute atomic E-state index is 9.76. The minimum atomic E-state index is -0.366. The molecule has 24 heavy (non-hydrogen) atoms. The second-order valence-corrected chi connectivity index (χ2v) is 6.27. The van der Waals surface area contributed by atoms with Crippen molar-refractivity contribution in [1.29, 1.82) is 0 Å². The van der Waals surface area contributed by atoms with Gasteiger partial charge in [-0.3, -0.25) is 4.68 Å². The van der Waals surface area contributed by atoms with E-state index in [1.54, 1.807) is 10.9 Å². The fourth-order valence-corrected chi connectivity index (χ4v) is 2.76. The first-order valence-electron chi connectivity index (χ1n) is 7.89. The maximum atomic E-state index is 9.76. The van der Waals surface area contributed by atoms with Gasteiger partial charge in [-0.05, 0) is 30.9 Å². The molecule has 0 radical (unpaired) electrons. The van der Waals surface area contributed by atoms with Crippen molar-refractivity contribution in [3.8, 4) is 22.5 Å². The molecule has 0 aliphatic rings. The lowest BCUT2D eigenvalue weighted by atomic mass is 10.1. The van der Waals surface area contributed by atoms with Crippen LogP contribution in [0.15, 0.2) is 53.9 Å². The van der Waals surface area contributed by atoms with Gasteiger partial charge in [0.1, 0.15) is 0 Å². The molecule has 0 aliphatic heterocycles. The van der Waals surface area contributed by atoms with Crippen molar-refractivity contribution >= 4 is 11.8 Å². The van der Waals surface area contributed by atoms with E-state index in [-0.39, 0.29) is 6.10 Å². The Kier molecular flexibility index (Phi) is 5.27. The van der Waals surface area contributed by atoms with Crippen molar-refractivity contribution < 1.29 is 5.11 Å². The zero-order valence-corrected chi connectivity index (χ0v) is 14.6. The van der Waals surface area contributed by atoms with Crippen LogP contribution in [0.1, 0.15) is 13.3 Å². The number of benzene rings is 1. The molecule has 0 saturated heterocycles. The summed E-state index contributed by atoms with van der Waals surface area (Å²) in [5.41, 5.74) is 3.85. The predicted octanol–water partition coefficient (Wildman–Crippen LogP) is 3.50. The molecule has 2 heterocycles. The molecule has 1 atom stereocenters. The number of thioether (sulfide) groups is 1. The summed E-state index contributed by atoms with van der Waals surface area (Å²) in [7, 11) is 0. The van der Waals surface area contributed by atoms with Gasteiger partial charge in [0.25, 0.3) is 0 Å². The molecule has 3 rings (SSSR count). The van der Waals surface area contributed by atoms with Crippen molar-refractivity contribution in [2.75, 3.05) is 6.26 Å². The minimum absolute atomic E-state index is 0.366. The third kappa shape index (κ3) is 3.83. The van der Waals surface area contributed by atoms with Gasteiger partial charge in [0, 0.05) is 23.5 Å². The molecule has 1 aromatic carbocycles. The number of aliphatic hydroxyl groups is 1. The molecule has 124 valence electrons. The van der Waals surface area contributed by atoms with Gasteiger partial charge in [-0.1, -0.05) is 36.9 Å². The number of rotatable bonds is 6. The van der Waals surface area contributed by atoms with Crippen LogP contribution in [0.5, 0.6) is 0 Å². The molecule has 3 aromatic rings. The number of nitrogens with zero attached hydrogens (tertiary/aromatic N) is 4. The van der Waals surface area contributed by atoms with E-state index in [1.807, 2.05) is 49.7 Å². The van der Waals surface area contributed by atoms with Crippen LogP contribution < -0.4 is 0 Å². The summed E-state index contributed by atoms with van der Waals surface area (Å²) in [4.78, 5) is 8.76. The summed E-state index contributed by atoms with van der Waals surface area (Å²) in [5.74, 6) is 0. The molecule has 6 heteroatoms. The molecule has 2 aromatic heterocycles. The normalized spacial score (nSPS) is 12.3. The Balaban J connectivity index is 1.87. The Labute approximate surface area is 145 Å². The number of aromatic nitrogens is 4. The lowest BCUT2D eigenvalue weighted by Gasteiger charge is -2.07. The Morgan fingerprint density at radius 2 is 1.96 bits per heavy atom. The highest BCUT2D eigenvalue weighted by molar-refractivity contribution is 7.98. The highest BCUT2D eigenvalue weighted by Crippen LogP contribution is 2.25. The van der Waals surface area contributed by atoms with E-state index < -0.39 is 0 Å². The monoisotopic (exact) mass is 340 g/mol. The van der Waals surface area contributed by atoms with Gasteiger partial charge < -0.3 is 5.11 Å². The molecule has 0 aliphatic carbocycles. The fraction of sp³-hybridized carbons (Fsp3) is 0.278. The van der Waals surface area contributed by atoms with Crippen LogP contribution >= 0.6 is 11.8 Å². The van der Waals surface area contributed by atoms with E-state index in [4.69, 9.17) is 0 Å². The van der Waals surface area contributed by atoms with Crippen LogP contribution in [0, 0.1) is 0 Å². The standard InChI is InChI=1S/C18H20N4OS/c1-3-15(23)12-22-10-8-17(21-22)14-6-4-5-13(11-14)16-7-9-19-18(20-16)24-2/h4-11,15,23H,3,12H2,1-2H3. The second-order valence-electron chi connectivity index (χ2n) is 5.49. The van der Waals surface area contributed by atoms with Gasteiger partial charge in [0.2, 0.25) is 0 Å². The Morgan fingerprint density at radius 3 is 2.71 bits per heavy atom. The lowest BCUT2D eigenvalue weighted by Crippen LogP contribution is -2.14. The maximum Gasteiger partial charge on any atom is 0.187 e. The third-order valence-corrected chi connectivity index (χ3v) is 4.34. The largest absolute Gasteiger partial charge is 0.391 e. The molecule has 5 nitrogen and oxygen atoms in total. The van der Waals surface area contributed by atoms with Crippen molar-refractivity contribution in [3.63, 3.8) is 0 Å². The topological polar surface area (TPSA) is 63.8 Å². The Bertz CT molecular complexity index is 818. The molecular weight excluding hydrogens is 320 g/mol. The van der Waals surface area contributed by atoms with Gasteiger partial charge in [-0.15, -0.1) is 0 Å². The van der Waals surface area contributed by atoms with Crippen LogP contribution in [0.2, 0.25) is 0 Å². The summed E-state index contributed by atoms with van der Waals surface area (Å²) in [6.07, 6.45) is 6.00. The Morgan fingerprint density at radius 1 is 1.17 bits per heavy atom. The van der Waals surface area contributed by atoms with E-state index in [9.17, 15) is 5.11 Å². The number of hydrogen-bond acceptors (Lipinski definition) is 5. The smallest absolute Gasteiger partial charge is 0.187 e. The summed E-state index contributed by atoms with van der Waals surface area (Å²) in [6.45, 7) is 2.47. The van der Waals surface area contributed by atoms with Crippen molar-refractivity contribution in [3.05, 3.63) is 48.8 Å². The average Bonchev–Trinajstić information content (AvgIpc) is 3.10. The quantitative estimate of drug-likeness (QED) is 0.549. The molecular formula is C18H20N4OS. The highest BCUT2D eigenvalue weighted by atomic mass is 32.2. The number of hydrogen-bond donors (Lipinski definition) is 1. The average molecular weight is 340 g/mol. The molecule has 0 bridgehead atoms. The first kappa shape index (κ1) is 16.7. The van der Waals surface area contributed by atoms with E-state index >= 15 is 0 Å². The van der Waals surface area contributed by atoms with Crippen LogP contribution in [-0.4, -0.2) is 37.2 Å². The first-order valence-corrected chi connectivity index (χ1v) is 9.11. The van der Waals surface area contributed by atoms with Crippen LogP contribution in [-0.2, 0) is 6.54 Å². The van der Waals surface area contributed by atoms with Gasteiger partial charge in [-0.2, -0.15) is 5.10 Å². The van der Waals surface area contributed by atoms with Crippen molar-refractivity contribution in [2.45, 2.75) is 31.1 Å². The molecule has 1 unspecified atom stereocenters. The van der Waals surface area contributed by atoms with E-state index in [0.717, 1.165) is 34.1 Å². The van der Waals surface area contributed by atoms with E-state index in [0.29, 0.717) is 6.54 Å². The van der Waals surface area contributed by atoms with Crippen LogP contribution in [0.4, 0.5) is 0 Å². The van der Waals surface area contributed by atoms with Crippen molar-refractivity contribution in [2.24, 2.45) is 0 Å². The Hall–Kier alpha value is -2.18.